The first-order chi connectivity index (χ1) is 52.5. The molecule has 0 unspecified atom stereocenters. The Morgan fingerprint density at radius 1 is 0.255 bits per heavy atom. The van der Waals surface area contributed by atoms with Gasteiger partial charge >= 0.3 is 0 Å². The molecule has 0 atom stereocenters. The van der Waals surface area contributed by atoms with Crippen LogP contribution in [0.4, 0.5) is 94.1 Å². The largest absolute Gasteiger partial charge is 0.311 e. The highest BCUT2D eigenvalue weighted by atomic mass is 32.2. The van der Waals surface area contributed by atoms with Crippen molar-refractivity contribution in [1.29, 1.82) is 0 Å². The van der Waals surface area contributed by atoms with Gasteiger partial charge in [-0.1, -0.05) is 278 Å². The topological polar surface area (TPSA) is 16.2 Å². The summed E-state index contributed by atoms with van der Waals surface area (Å²) in [6, 6.07) is 133. The van der Waals surface area contributed by atoms with Gasteiger partial charge in [0.1, 0.15) is 5.82 Å². The van der Waals surface area contributed by atoms with Gasteiger partial charge in [0, 0.05) is 89.2 Å². The van der Waals surface area contributed by atoms with Crippen LogP contribution in [-0.4, -0.2) is 13.4 Å². The maximum Gasteiger partial charge on any atom is 0.252 e. The molecule has 0 bridgehead atoms. The number of hydrogen-bond donors (Lipinski definition) is 0. The van der Waals surface area contributed by atoms with Crippen LogP contribution in [0.3, 0.4) is 0 Å². The molecule has 106 heavy (non-hydrogen) atoms. The molecule has 0 radical (unpaired) electrons. The maximum atomic E-state index is 21.4. The summed E-state index contributed by atoms with van der Waals surface area (Å²) in [7, 11) is 0. The molecule has 0 N–H and O–H groups in total. The average Bonchev–Trinajstić information content (AvgIpc) is 0.679. The summed E-state index contributed by atoms with van der Waals surface area (Å²) < 4.78 is 38.8. The van der Waals surface area contributed by atoms with Crippen LogP contribution in [-0.2, 0) is 0 Å². The fourth-order valence-corrected chi connectivity index (χ4v) is 18.0. The molecule has 16 aromatic carbocycles. The smallest absolute Gasteiger partial charge is 0.252 e. The van der Waals surface area contributed by atoms with Crippen molar-refractivity contribution in [2.45, 2.75) is 9.79 Å². The van der Waals surface area contributed by atoms with Gasteiger partial charge in [-0.15, -0.1) is 0 Å². The Balaban J connectivity index is 0.895. The summed E-state index contributed by atoms with van der Waals surface area (Å²) in [5, 5.41) is 0. The minimum atomic E-state index is -0.521. The Hall–Kier alpha value is -13.1. The Labute approximate surface area is 620 Å². The zero-order valence-corrected chi connectivity index (χ0v) is 58.2. The summed E-state index contributed by atoms with van der Waals surface area (Å²) >= 11 is 1.50. The first-order valence-corrected chi connectivity index (χ1v) is 36.8. The molecule has 0 aliphatic carbocycles. The van der Waals surface area contributed by atoms with E-state index >= 15 is 8.78 Å². The zero-order chi connectivity index (χ0) is 70.3. The van der Waals surface area contributed by atoms with E-state index in [9.17, 15) is 0 Å². The monoisotopic (exact) mass is 1380 g/mol. The Morgan fingerprint density at radius 3 is 1.06 bits per heavy atom. The summed E-state index contributed by atoms with van der Waals surface area (Å²) in [5.74, 6) is -0.775. The van der Waals surface area contributed by atoms with E-state index in [1.807, 2.05) is 72.8 Å². The Kier molecular flexibility index (Phi) is 15.3. The maximum absolute atomic E-state index is 21.4. The molecular formula is C96H63B2F2N5S. The van der Waals surface area contributed by atoms with Gasteiger partial charge in [0.15, 0.2) is 5.82 Å². The summed E-state index contributed by atoms with van der Waals surface area (Å²) in [6.45, 7) is -0.964. The predicted octanol–water partition coefficient (Wildman–Crippen LogP) is 22.4. The fourth-order valence-electron chi connectivity index (χ4n) is 16.8. The highest BCUT2D eigenvalue weighted by molar-refractivity contribution is 8.00. The molecule has 5 nitrogen and oxygen atoms in total. The first-order valence-electron chi connectivity index (χ1n) is 36.0. The number of nitrogens with zero attached hydrogens (tertiary/aromatic N) is 5. The molecule has 0 aromatic heterocycles. The van der Waals surface area contributed by atoms with Crippen LogP contribution < -0.4 is 57.3 Å². The van der Waals surface area contributed by atoms with Crippen molar-refractivity contribution in [2.75, 3.05) is 24.5 Å². The van der Waals surface area contributed by atoms with Crippen LogP contribution in [0.2, 0.25) is 0 Å². The number of hydrogen-bond acceptors (Lipinski definition) is 6. The average molecular weight is 1380 g/mol. The number of rotatable bonds is 13. The number of anilines is 15. The van der Waals surface area contributed by atoms with E-state index in [1.165, 1.54) is 11.8 Å². The summed E-state index contributed by atoms with van der Waals surface area (Å²) in [5.41, 5.74) is 26.4. The second kappa shape index (κ2) is 26.0. The molecule has 10 heteroatoms. The quantitative estimate of drug-likeness (QED) is 0.106. The van der Waals surface area contributed by atoms with Gasteiger partial charge < -0.3 is 24.5 Å². The molecular weight excluding hydrogens is 1310 g/mol. The molecule has 0 spiro atoms. The van der Waals surface area contributed by atoms with Crippen molar-refractivity contribution in [3.63, 3.8) is 0 Å². The number of halogens is 2. The van der Waals surface area contributed by atoms with Crippen LogP contribution in [0.5, 0.6) is 0 Å². The lowest BCUT2D eigenvalue weighted by molar-refractivity contribution is 0.606. The van der Waals surface area contributed by atoms with Crippen LogP contribution in [0.1, 0.15) is 0 Å². The second-order valence-corrected chi connectivity index (χ2v) is 28.4. The minimum Gasteiger partial charge on any atom is -0.311 e. The van der Waals surface area contributed by atoms with Crippen LogP contribution >= 0.6 is 11.8 Å². The molecule has 4 heterocycles. The fraction of sp³-hybridized carbons (Fsp3) is 0. The van der Waals surface area contributed by atoms with Crippen LogP contribution in [0, 0.1) is 11.6 Å². The van der Waals surface area contributed by atoms with Gasteiger partial charge in [-0.25, -0.2) is 8.78 Å². The van der Waals surface area contributed by atoms with Gasteiger partial charge in [-0.3, -0.25) is 0 Å². The molecule has 20 rings (SSSR count). The molecule has 0 saturated heterocycles. The van der Waals surface area contributed by atoms with Gasteiger partial charge in [-0.2, -0.15) is 0 Å². The highest BCUT2D eigenvalue weighted by Gasteiger charge is 2.50. The van der Waals surface area contributed by atoms with E-state index in [1.54, 1.807) is 12.1 Å². The molecule has 498 valence electrons. The number of para-hydroxylation sites is 6. The van der Waals surface area contributed by atoms with Crippen LogP contribution in [0.25, 0.3) is 44.5 Å². The lowest BCUT2D eigenvalue weighted by atomic mass is 9.31. The van der Waals surface area contributed by atoms with E-state index in [0.29, 0.717) is 27.4 Å². The van der Waals surface area contributed by atoms with Crippen molar-refractivity contribution in [2.24, 2.45) is 0 Å². The normalized spacial score (nSPS) is 12.7. The van der Waals surface area contributed by atoms with E-state index < -0.39 is 19.2 Å². The molecule has 0 fully saturated rings. The van der Waals surface area contributed by atoms with E-state index in [-0.39, 0.29) is 5.82 Å². The third-order valence-electron chi connectivity index (χ3n) is 21.3. The summed E-state index contributed by atoms with van der Waals surface area (Å²) in [4.78, 5) is 13.1. The number of benzene rings is 16. The lowest BCUT2D eigenvalue weighted by Crippen LogP contribution is -2.65. The Bertz CT molecular complexity index is 5850. The van der Waals surface area contributed by atoms with E-state index in [4.69, 9.17) is 0 Å². The third-order valence-corrected chi connectivity index (χ3v) is 22.5. The predicted molar refractivity (Wildman–Crippen MR) is 441 cm³/mol. The van der Waals surface area contributed by atoms with Crippen molar-refractivity contribution < 1.29 is 8.78 Å². The van der Waals surface area contributed by atoms with Gasteiger partial charge in [-0.05, 0) is 182 Å². The Morgan fingerprint density at radius 2 is 0.604 bits per heavy atom. The summed E-state index contributed by atoms with van der Waals surface area (Å²) in [6.07, 6.45) is 0. The van der Waals surface area contributed by atoms with Crippen molar-refractivity contribution in [1.82, 2.24) is 0 Å². The molecule has 0 amide bonds. The lowest BCUT2D eigenvalue weighted by Gasteiger charge is -2.47. The molecule has 4 aliphatic rings. The van der Waals surface area contributed by atoms with Crippen molar-refractivity contribution in [3.8, 4) is 44.5 Å². The first kappa shape index (κ1) is 62.6. The molecule has 16 aromatic rings. The van der Waals surface area contributed by atoms with Crippen LogP contribution in [0.15, 0.2) is 392 Å². The zero-order valence-electron chi connectivity index (χ0n) is 57.4. The van der Waals surface area contributed by atoms with Gasteiger partial charge in [0.05, 0.1) is 17.1 Å². The molecule has 0 saturated carbocycles. The number of fused-ring (bicyclic) bond motifs is 8. The SMILES string of the molecule is Fc1cc(-c2ccccc2)c(N2c3cc(N(c4ccccc4)c4ccccc4)cc4c3B(c3ccccc3N4c3ccccc3)c3cc4c(c(F)c32)Sc2cc(N(c3ccc(-c5ccccc5)cc3)c3ccc(-c5ccccc5)cc3)cc3c2B4c2ccccc2N3c2ccccc2)c(-c2ccccc2)c1. The van der Waals surface area contributed by atoms with Crippen molar-refractivity contribution >= 4 is 143 Å². The highest BCUT2D eigenvalue weighted by Crippen LogP contribution is 2.55. The second-order valence-electron chi connectivity index (χ2n) is 27.3. The van der Waals surface area contributed by atoms with Gasteiger partial charge in [0.2, 0.25) is 6.71 Å². The van der Waals surface area contributed by atoms with E-state index in [0.717, 1.165) is 145 Å². The van der Waals surface area contributed by atoms with Gasteiger partial charge in [0.25, 0.3) is 6.71 Å². The standard InChI is InChI=1S/C96H63B2F2N5S/c99-70-57-79(68-33-13-3-14-34-68)94(80(58-70)69-35-15-4-16-36-69)105-88-60-77(101(71-37-17-5-18-38-71)72-39-19-6-20-40-72)59-87-91(88)97(81-45-25-27-47-85(81)103(87)73-41-21-7-22-42-73)83-63-84-96(93(100)95(83)105)106-90-62-78(61-89-92(90)98(84)82-46-26-28-48-86(82)104(89)74-43-23-8-24-44-74)102(75-53-49-66(50-54-75)64-29-9-1-10-30-64)76-55-51-67(52-56-76)65-31-11-2-12-32-65/h1-63H. The van der Waals surface area contributed by atoms with E-state index in [2.05, 4.69) is 322 Å². The minimum absolute atomic E-state index is 0.367. The molecule has 4 aliphatic heterocycles. The third kappa shape index (κ3) is 10.5. The van der Waals surface area contributed by atoms with Crippen molar-refractivity contribution in [3.05, 3.63) is 394 Å².